The van der Waals surface area contributed by atoms with Crippen molar-refractivity contribution >= 4 is 15.9 Å². The Labute approximate surface area is 167 Å². The zero-order valence-electron chi connectivity index (χ0n) is 16.7. The van der Waals surface area contributed by atoms with Crippen molar-refractivity contribution in [2.45, 2.75) is 49.7 Å². The SMILES string of the molecule is CC(=O)N1CCC(N(CCNS(=O)(=O)c2cn(C)cn2)C2CCOCC2)CC1. The first-order valence-corrected chi connectivity index (χ1v) is 11.4. The monoisotopic (exact) mass is 413 g/mol. The highest BCUT2D eigenvalue weighted by atomic mass is 32.2. The van der Waals surface area contributed by atoms with Crippen molar-refractivity contribution in [1.29, 1.82) is 0 Å². The summed E-state index contributed by atoms with van der Waals surface area (Å²) in [5.41, 5.74) is 0. The molecule has 2 fully saturated rings. The first-order chi connectivity index (χ1) is 13.4. The predicted molar refractivity (Wildman–Crippen MR) is 104 cm³/mol. The molecule has 0 atom stereocenters. The minimum Gasteiger partial charge on any atom is -0.381 e. The fourth-order valence-corrected chi connectivity index (χ4v) is 5.10. The lowest BCUT2D eigenvalue weighted by molar-refractivity contribution is -0.130. The van der Waals surface area contributed by atoms with Crippen molar-refractivity contribution in [3.05, 3.63) is 12.5 Å². The zero-order chi connectivity index (χ0) is 20.1. The fraction of sp³-hybridized carbons (Fsp3) is 0.778. The van der Waals surface area contributed by atoms with Gasteiger partial charge in [0.25, 0.3) is 10.0 Å². The van der Waals surface area contributed by atoms with E-state index in [1.54, 1.807) is 18.5 Å². The number of nitrogens with zero attached hydrogens (tertiary/aromatic N) is 4. The first-order valence-electron chi connectivity index (χ1n) is 9.93. The molecule has 0 aromatic carbocycles. The van der Waals surface area contributed by atoms with Gasteiger partial charge in [-0.15, -0.1) is 0 Å². The molecule has 2 saturated heterocycles. The van der Waals surface area contributed by atoms with E-state index < -0.39 is 10.0 Å². The summed E-state index contributed by atoms with van der Waals surface area (Å²) in [5, 5.41) is 0.0439. The summed E-state index contributed by atoms with van der Waals surface area (Å²) in [4.78, 5) is 19.9. The van der Waals surface area contributed by atoms with Crippen LogP contribution in [0, 0.1) is 0 Å². The van der Waals surface area contributed by atoms with Crippen LogP contribution in [-0.4, -0.2) is 85.2 Å². The van der Waals surface area contributed by atoms with Crippen LogP contribution in [0.2, 0.25) is 0 Å². The Morgan fingerprint density at radius 2 is 1.89 bits per heavy atom. The molecule has 1 aromatic rings. The third kappa shape index (κ3) is 5.31. The van der Waals surface area contributed by atoms with Crippen LogP contribution in [-0.2, 0) is 26.6 Å². The molecule has 0 radical (unpaired) electrons. The Morgan fingerprint density at radius 3 is 2.46 bits per heavy atom. The Hall–Kier alpha value is -1.49. The molecule has 1 amide bonds. The van der Waals surface area contributed by atoms with E-state index in [9.17, 15) is 13.2 Å². The predicted octanol–water partition coefficient (Wildman–Crippen LogP) is 0.190. The molecule has 3 heterocycles. The maximum Gasteiger partial charge on any atom is 0.259 e. The lowest BCUT2D eigenvalue weighted by Crippen LogP contribution is -2.53. The molecule has 2 aliphatic rings. The van der Waals surface area contributed by atoms with Crippen molar-refractivity contribution in [3.8, 4) is 0 Å². The van der Waals surface area contributed by atoms with Crippen molar-refractivity contribution in [2.75, 3.05) is 39.4 Å². The Kier molecular flexibility index (Phi) is 7.08. The number of nitrogens with one attached hydrogen (secondary N) is 1. The number of aryl methyl sites for hydroxylation is 1. The second-order valence-electron chi connectivity index (χ2n) is 7.59. The normalized spacial score (nSPS) is 20.0. The maximum atomic E-state index is 12.4. The van der Waals surface area contributed by atoms with Gasteiger partial charge < -0.3 is 14.2 Å². The van der Waals surface area contributed by atoms with Gasteiger partial charge in [0, 0.05) is 71.6 Å². The largest absolute Gasteiger partial charge is 0.381 e. The maximum absolute atomic E-state index is 12.4. The van der Waals surface area contributed by atoms with Gasteiger partial charge in [0.05, 0.1) is 6.33 Å². The number of rotatable bonds is 7. The number of sulfonamides is 1. The van der Waals surface area contributed by atoms with Gasteiger partial charge in [0.1, 0.15) is 0 Å². The number of likely N-dealkylation sites (tertiary alicyclic amines) is 1. The Morgan fingerprint density at radius 1 is 1.25 bits per heavy atom. The van der Waals surface area contributed by atoms with E-state index in [1.807, 2.05) is 4.90 Å². The van der Waals surface area contributed by atoms with Gasteiger partial charge in [0.2, 0.25) is 5.91 Å². The van der Waals surface area contributed by atoms with Crippen LogP contribution in [0.1, 0.15) is 32.6 Å². The van der Waals surface area contributed by atoms with Crippen LogP contribution in [0.5, 0.6) is 0 Å². The number of carbonyl (C=O) groups excluding carboxylic acids is 1. The Balaban J connectivity index is 1.60. The third-order valence-corrected chi connectivity index (χ3v) is 7.00. The molecule has 1 N–H and O–H groups in total. The number of amides is 1. The standard InChI is InChI=1S/C18H31N5O4S/c1-15(24)22-8-3-16(4-9-22)23(17-5-11-27-12-6-17)10-7-20-28(25,26)18-13-21(2)14-19-18/h13-14,16-17,20H,3-12H2,1-2H3. The van der Waals surface area contributed by atoms with E-state index in [0.717, 1.165) is 52.0 Å². The highest BCUT2D eigenvalue weighted by Gasteiger charge is 2.31. The molecule has 158 valence electrons. The van der Waals surface area contributed by atoms with Crippen LogP contribution >= 0.6 is 0 Å². The van der Waals surface area contributed by atoms with Crippen LogP contribution in [0.25, 0.3) is 0 Å². The lowest BCUT2D eigenvalue weighted by atomic mass is 9.98. The molecular weight excluding hydrogens is 382 g/mol. The second-order valence-corrected chi connectivity index (χ2v) is 9.31. The molecule has 1 aromatic heterocycles. The summed E-state index contributed by atoms with van der Waals surface area (Å²) in [5.74, 6) is 0.124. The van der Waals surface area contributed by atoms with Crippen LogP contribution in [0.15, 0.2) is 17.6 Å². The lowest BCUT2D eigenvalue weighted by Gasteiger charge is -2.43. The van der Waals surface area contributed by atoms with E-state index in [0.29, 0.717) is 25.2 Å². The average molecular weight is 414 g/mol. The number of ether oxygens (including phenoxy) is 1. The minimum absolute atomic E-state index is 0.0439. The Bertz CT molecular complexity index is 752. The molecular formula is C18H31N5O4S. The summed E-state index contributed by atoms with van der Waals surface area (Å²) in [6, 6.07) is 0.750. The van der Waals surface area contributed by atoms with Gasteiger partial charge in [0.15, 0.2) is 5.03 Å². The van der Waals surface area contributed by atoms with Gasteiger partial charge >= 0.3 is 0 Å². The highest BCUT2D eigenvalue weighted by Crippen LogP contribution is 2.23. The number of piperidine rings is 1. The van der Waals surface area contributed by atoms with E-state index >= 15 is 0 Å². The van der Waals surface area contributed by atoms with Crippen LogP contribution < -0.4 is 4.72 Å². The van der Waals surface area contributed by atoms with Crippen molar-refractivity contribution in [1.82, 2.24) is 24.1 Å². The first kappa shape index (κ1) is 21.2. The van der Waals surface area contributed by atoms with Gasteiger partial charge in [-0.1, -0.05) is 0 Å². The molecule has 0 unspecified atom stereocenters. The molecule has 0 aliphatic carbocycles. The van der Waals surface area contributed by atoms with Gasteiger partial charge in [-0.25, -0.2) is 18.1 Å². The summed E-state index contributed by atoms with van der Waals surface area (Å²) >= 11 is 0. The molecule has 3 rings (SSSR count). The van der Waals surface area contributed by atoms with Crippen molar-refractivity contribution < 1.29 is 17.9 Å². The molecule has 0 bridgehead atoms. The number of hydrogen-bond acceptors (Lipinski definition) is 6. The molecule has 28 heavy (non-hydrogen) atoms. The third-order valence-electron chi connectivity index (χ3n) is 5.66. The van der Waals surface area contributed by atoms with Crippen LogP contribution in [0.3, 0.4) is 0 Å². The van der Waals surface area contributed by atoms with Gasteiger partial charge in [-0.3, -0.25) is 9.69 Å². The quantitative estimate of drug-likeness (QED) is 0.686. The number of carbonyl (C=O) groups is 1. The van der Waals surface area contributed by atoms with Crippen LogP contribution in [0.4, 0.5) is 0 Å². The molecule has 9 nitrogen and oxygen atoms in total. The van der Waals surface area contributed by atoms with E-state index in [-0.39, 0.29) is 10.9 Å². The molecule has 10 heteroatoms. The molecule has 0 saturated carbocycles. The minimum atomic E-state index is -3.60. The smallest absolute Gasteiger partial charge is 0.259 e. The van der Waals surface area contributed by atoms with E-state index in [1.165, 1.54) is 12.5 Å². The highest BCUT2D eigenvalue weighted by molar-refractivity contribution is 7.89. The van der Waals surface area contributed by atoms with Gasteiger partial charge in [-0.05, 0) is 25.7 Å². The van der Waals surface area contributed by atoms with Gasteiger partial charge in [-0.2, -0.15) is 0 Å². The van der Waals surface area contributed by atoms with E-state index in [4.69, 9.17) is 4.74 Å². The average Bonchev–Trinajstić information content (AvgIpc) is 3.13. The zero-order valence-corrected chi connectivity index (χ0v) is 17.5. The summed E-state index contributed by atoms with van der Waals surface area (Å²) in [7, 11) is -1.86. The second kappa shape index (κ2) is 9.34. The van der Waals surface area contributed by atoms with E-state index in [2.05, 4.69) is 14.6 Å². The number of aromatic nitrogens is 2. The number of imidazole rings is 1. The topological polar surface area (TPSA) is 96.8 Å². The summed E-state index contributed by atoms with van der Waals surface area (Å²) < 4.78 is 34.7. The summed E-state index contributed by atoms with van der Waals surface area (Å²) in [6.07, 6.45) is 6.73. The van der Waals surface area contributed by atoms with Crippen molar-refractivity contribution in [2.24, 2.45) is 7.05 Å². The summed E-state index contributed by atoms with van der Waals surface area (Å²) in [6.45, 7) is 5.60. The molecule has 0 spiro atoms. The van der Waals surface area contributed by atoms with Crippen molar-refractivity contribution in [3.63, 3.8) is 0 Å². The fourth-order valence-electron chi connectivity index (χ4n) is 4.10. The number of hydrogen-bond donors (Lipinski definition) is 1. The molecule has 2 aliphatic heterocycles.